The van der Waals surface area contributed by atoms with Gasteiger partial charge in [-0.1, -0.05) is 213 Å². The molecule has 0 spiro atoms. The fourth-order valence-corrected chi connectivity index (χ4v) is 8.31. The average molecular weight is 724 g/mol. The van der Waals surface area contributed by atoms with Crippen molar-refractivity contribution in [3.8, 4) is 0 Å². The fraction of sp³-hybridized carbons (Fsp3) is 0.127. The number of fused-ring (bicyclic) bond motifs is 1. The lowest BCUT2D eigenvalue weighted by Crippen LogP contribution is -2.24. The first-order valence-corrected chi connectivity index (χ1v) is 20.0. The SMILES string of the molecule is C=C(C/C(C)=C(\C=C(/CC)C1C=CC(c2ccccc2)=CC1)c1ccc(C2=CC=C(c3ccccc3)C(c3ccccc3)N2)c2ccccc12)c1ccccc1. The highest BCUT2D eigenvalue weighted by Gasteiger charge is 2.24. The van der Waals surface area contributed by atoms with Crippen LogP contribution in [0.3, 0.4) is 0 Å². The second kappa shape index (κ2) is 16.9. The molecule has 1 heterocycles. The second-order valence-electron chi connectivity index (χ2n) is 14.9. The van der Waals surface area contributed by atoms with Crippen molar-refractivity contribution in [2.45, 2.75) is 39.2 Å². The summed E-state index contributed by atoms with van der Waals surface area (Å²) in [5, 5.41) is 6.47. The molecule has 0 fully saturated rings. The van der Waals surface area contributed by atoms with E-state index in [1.165, 1.54) is 72.0 Å². The predicted molar refractivity (Wildman–Crippen MR) is 241 cm³/mol. The summed E-state index contributed by atoms with van der Waals surface area (Å²) in [5.74, 6) is 0.343. The lowest BCUT2D eigenvalue weighted by Gasteiger charge is -2.29. The summed E-state index contributed by atoms with van der Waals surface area (Å²) in [6, 6.07) is 56.5. The number of allylic oxidation sites excluding steroid dienone is 11. The topological polar surface area (TPSA) is 12.0 Å². The zero-order chi connectivity index (χ0) is 38.3. The van der Waals surface area contributed by atoms with Crippen LogP contribution in [0.15, 0.2) is 212 Å². The molecule has 6 aromatic carbocycles. The van der Waals surface area contributed by atoms with E-state index in [4.69, 9.17) is 0 Å². The third kappa shape index (κ3) is 7.86. The lowest BCUT2D eigenvalue weighted by molar-refractivity contribution is 0.735. The molecule has 0 saturated heterocycles. The number of hydrogen-bond donors (Lipinski definition) is 1. The van der Waals surface area contributed by atoms with Crippen molar-refractivity contribution < 1.29 is 0 Å². The molecule has 2 aliphatic rings. The number of benzene rings is 6. The van der Waals surface area contributed by atoms with Crippen LogP contribution in [0.4, 0.5) is 0 Å². The molecule has 0 aromatic heterocycles. The van der Waals surface area contributed by atoms with E-state index in [0.29, 0.717) is 5.92 Å². The van der Waals surface area contributed by atoms with Gasteiger partial charge in [-0.2, -0.15) is 0 Å². The Labute approximate surface area is 333 Å². The van der Waals surface area contributed by atoms with Gasteiger partial charge in [0.05, 0.1) is 6.04 Å². The minimum absolute atomic E-state index is 0.0220. The molecular formula is C55H49N. The maximum atomic E-state index is 4.57. The van der Waals surface area contributed by atoms with Gasteiger partial charge >= 0.3 is 0 Å². The van der Waals surface area contributed by atoms with Crippen LogP contribution >= 0.6 is 0 Å². The molecule has 2 atom stereocenters. The first kappa shape index (κ1) is 36.5. The van der Waals surface area contributed by atoms with Crippen molar-refractivity contribution in [1.29, 1.82) is 0 Å². The zero-order valence-corrected chi connectivity index (χ0v) is 32.5. The zero-order valence-electron chi connectivity index (χ0n) is 32.5. The molecule has 1 heteroatoms. The maximum Gasteiger partial charge on any atom is 0.0773 e. The molecule has 0 amide bonds. The Balaban J connectivity index is 1.22. The van der Waals surface area contributed by atoms with E-state index in [0.717, 1.165) is 30.5 Å². The summed E-state index contributed by atoms with van der Waals surface area (Å²) >= 11 is 0. The van der Waals surface area contributed by atoms with Crippen LogP contribution in [0.2, 0.25) is 0 Å². The van der Waals surface area contributed by atoms with Crippen molar-refractivity contribution in [3.63, 3.8) is 0 Å². The van der Waals surface area contributed by atoms with Crippen LogP contribution < -0.4 is 5.32 Å². The molecule has 56 heavy (non-hydrogen) atoms. The van der Waals surface area contributed by atoms with Gasteiger partial charge in [-0.05, 0) is 93.1 Å². The first-order chi connectivity index (χ1) is 27.6. The van der Waals surface area contributed by atoms with E-state index in [1.54, 1.807) is 0 Å². The molecule has 6 aromatic rings. The molecule has 1 N–H and O–H groups in total. The minimum atomic E-state index is 0.0220. The van der Waals surface area contributed by atoms with Crippen LogP contribution in [0, 0.1) is 5.92 Å². The molecule has 0 bridgehead atoms. The van der Waals surface area contributed by atoms with Crippen molar-refractivity contribution in [2.75, 3.05) is 0 Å². The van der Waals surface area contributed by atoms with Crippen LogP contribution in [-0.4, -0.2) is 0 Å². The monoisotopic (exact) mass is 723 g/mol. The minimum Gasteiger partial charge on any atom is -0.374 e. The summed E-state index contributed by atoms with van der Waals surface area (Å²) < 4.78 is 0. The van der Waals surface area contributed by atoms with E-state index in [9.17, 15) is 0 Å². The van der Waals surface area contributed by atoms with Gasteiger partial charge in [0.1, 0.15) is 0 Å². The quantitative estimate of drug-likeness (QED) is 0.131. The molecular weight excluding hydrogens is 675 g/mol. The van der Waals surface area contributed by atoms with E-state index < -0.39 is 0 Å². The van der Waals surface area contributed by atoms with Crippen LogP contribution in [0.25, 0.3) is 38.8 Å². The van der Waals surface area contributed by atoms with E-state index in [-0.39, 0.29) is 6.04 Å². The average Bonchev–Trinajstić information content (AvgIpc) is 3.27. The normalized spacial score (nSPS) is 17.3. The van der Waals surface area contributed by atoms with Gasteiger partial charge in [-0.25, -0.2) is 0 Å². The van der Waals surface area contributed by atoms with Crippen LogP contribution in [-0.2, 0) is 0 Å². The van der Waals surface area contributed by atoms with Crippen LogP contribution in [0.1, 0.15) is 72.5 Å². The molecule has 1 aliphatic carbocycles. The van der Waals surface area contributed by atoms with Crippen molar-refractivity contribution >= 4 is 38.8 Å². The van der Waals surface area contributed by atoms with Gasteiger partial charge in [0.2, 0.25) is 0 Å². The largest absolute Gasteiger partial charge is 0.374 e. The molecule has 2 unspecified atom stereocenters. The van der Waals surface area contributed by atoms with Crippen molar-refractivity contribution in [3.05, 3.63) is 245 Å². The molecule has 0 radical (unpaired) electrons. The third-order valence-corrected chi connectivity index (χ3v) is 11.3. The maximum absolute atomic E-state index is 4.57. The number of rotatable bonds is 11. The molecule has 8 rings (SSSR count). The Morgan fingerprint density at radius 3 is 1.98 bits per heavy atom. The van der Waals surface area contributed by atoms with Gasteiger partial charge in [-0.15, -0.1) is 0 Å². The summed E-state index contributed by atoms with van der Waals surface area (Å²) in [6.07, 6.45) is 17.0. The molecule has 1 nitrogen and oxygen atoms in total. The Hall–Kier alpha value is -6.44. The lowest BCUT2D eigenvalue weighted by atomic mass is 9.83. The highest BCUT2D eigenvalue weighted by molar-refractivity contribution is 6.03. The first-order valence-electron chi connectivity index (χ1n) is 20.0. The van der Waals surface area contributed by atoms with E-state index in [1.807, 2.05) is 0 Å². The number of nitrogens with one attached hydrogen (secondary N) is 1. The highest BCUT2D eigenvalue weighted by atomic mass is 14.9. The van der Waals surface area contributed by atoms with Gasteiger partial charge < -0.3 is 5.32 Å². The molecule has 1 aliphatic heterocycles. The highest BCUT2D eigenvalue weighted by Crippen LogP contribution is 2.41. The Bertz CT molecular complexity index is 2530. The number of dihydropyridines is 1. The second-order valence-corrected chi connectivity index (χ2v) is 14.9. The predicted octanol–water partition coefficient (Wildman–Crippen LogP) is 14.5. The Kier molecular flexibility index (Phi) is 11.0. The smallest absolute Gasteiger partial charge is 0.0773 e. The van der Waals surface area contributed by atoms with Crippen LogP contribution in [0.5, 0.6) is 0 Å². The number of hydrogen-bond acceptors (Lipinski definition) is 1. The molecule has 0 saturated carbocycles. The Morgan fingerprint density at radius 1 is 0.696 bits per heavy atom. The van der Waals surface area contributed by atoms with Gasteiger partial charge in [-0.3, -0.25) is 0 Å². The van der Waals surface area contributed by atoms with E-state index >= 15 is 0 Å². The van der Waals surface area contributed by atoms with Gasteiger partial charge in [0, 0.05) is 17.2 Å². The third-order valence-electron chi connectivity index (χ3n) is 11.3. The van der Waals surface area contributed by atoms with Gasteiger partial charge in [0.25, 0.3) is 0 Å². The summed E-state index contributed by atoms with van der Waals surface area (Å²) in [6.45, 7) is 9.17. The summed E-state index contributed by atoms with van der Waals surface area (Å²) in [4.78, 5) is 0. The summed E-state index contributed by atoms with van der Waals surface area (Å²) in [5.41, 5.74) is 16.3. The Morgan fingerprint density at radius 2 is 1.32 bits per heavy atom. The molecule has 274 valence electrons. The van der Waals surface area contributed by atoms with E-state index in [2.05, 4.69) is 220 Å². The van der Waals surface area contributed by atoms with Gasteiger partial charge in [0.15, 0.2) is 0 Å². The fourth-order valence-electron chi connectivity index (χ4n) is 8.31. The van der Waals surface area contributed by atoms with Crippen molar-refractivity contribution in [2.24, 2.45) is 5.92 Å². The van der Waals surface area contributed by atoms with Crippen molar-refractivity contribution in [1.82, 2.24) is 5.32 Å². The summed E-state index contributed by atoms with van der Waals surface area (Å²) in [7, 11) is 0. The standard InChI is InChI=1S/C55H49N/c1-4-41(44-29-31-45(32-30-44)43-21-11-6-12-22-43)38-53(40(3)37-39(2)42-19-9-5-10-20-42)51-33-34-52(50-28-18-17-27-49(50)51)54-36-35-48(46-23-13-7-14-24-46)55(56-54)47-25-15-8-16-26-47/h5-29,31-36,38,44,55-56H,2,4,30,37H2,1,3H3/b41-38+,53-40+.